The maximum absolute atomic E-state index is 12.8. The van der Waals surface area contributed by atoms with Gasteiger partial charge in [-0.2, -0.15) is 26.3 Å². The number of hydrogen-bond donors (Lipinski definition) is 3. The number of alkyl halides is 6. The highest BCUT2D eigenvalue weighted by Crippen LogP contribution is 2.39. The second-order valence-corrected chi connectivity index (χ2v) is 7.63. The van der Waals surface area contributed by atoms with Gasteiger partial charge in [0, 0.05) is 10.8 Å². The zero-order valence-corrected chi connectivity index (χ0v) is 18.7. The Morgan fingerprint density at radius 3 is 1.57 bits per heavy atom. The molecule has 0 radical (unpaired) electrons. The predicted octanol–water partition coefficient (Wildman–Crippen LogP) is 7.17. The molecule has 0 unspecified atom stereocenters. The Morgan fingerprint density at radius 2 is 1.20 bits per heavy atom. The molecule has 0 saturated carbocycles. The van der Waals surface area contributed by atoms with E-state index in [0.29, 0.717) is 0 Å². The number of halogens is 8. The van der Waals surface area contributed by atoms with Crippen molar-refractivity contribution in [1.82, 2.24) is 9.97 Å². The summed E-state index contributed by atoms with van der Waals surface area (Å²) >= 11 is 11.5. The highest BCUT2D eigenvalue weighted by molar-refractivity contribution is 6.39. The molecule has 0 aliphatic rings. The lowest BCUT2D eigenvalue weighted by Crippen LogP contribution is -2.06. The number of carbonyl (C=O) groups is 2. The molecule has 186 valence electrons. The molecule has 0 bridgehead atoms. The average Bonchev–Trinajstić information content (AvgIpc) is 3.29. The van der Waals surface area contributed by atoms with Crippen molar-refractivity contribution in [3.63, 3.8) is 0 Å². The van der Waals surface area contributed by atoms with Crippen LogP contribution in [-0.2, 0) is 17.1 Å². The zero-order chi connectivity index (χ0) is 26.3. The van der Waals surface area contributed by atoms with Gasteiger partial charge in [0.15, 0.2) is 0 Å². The Labute approximate surface area is 201 Å². The fourth-order valence-corrected chi connectivity index (χ4v) is 3.80. The number of hydrogen-bond acceptors (Lipinski definition) is 3. The highest BCUT2D eigenvalue weighted by atomic mass is 35.5. The molecule has 0 aliphatic carbocycles. The van der Waals surface area contributed by atoms with Gasteiger partial charge < -0.3 is 19.8 Å². The Balaban J connectivity index is 0.000000196. The first-order chi connectivity index (χ1) is 16.2. The average molecular weight is 541 g/mol. The molecule has 3 N–H and O–H groups in total. The summed E-state index contributed by atoms with van der Waals surface area (Å²) < 4.78 is 80.7. The molecule has 0 amide bonds. The number of carboxylic acids is 1. The number of carboxylic acid groups (broad SMARTS) is 1. The minimum Gasteiger partial charge on any atom is -0.477 e. The fraction of sp³-hybridized carbons (Fsp3) is 0.143. The Hall–Kier alpha value is -3.38. The molecular weight excluding hydrogens is 529 g/mol. The number of benzene rings is 2. The first-order valence-electron chi connectivity index (χ1n) is 9.24. The van der Waals surface area contributed by atoms with Gasteiger partial charge >= 0.3 is 24.3 Å². The van der Waals surface area contributed by atoms with E-state index < -0.39 is 41.1 Å². The standard InChI is InChI=1S/C11H7ClF3NO2.C10H5ClF3NO2/c1-18-10(17)9-7(12)5-3-2-4-6(8(5)16-9)11(13,14)15;11-6-4-2-1-3-5(10(12,13)14)7(4)15-8(6)9(16)17/h2-4,16H,1H3;1-3,15H,(H,16,17). The lowest BCUT2D eigenvalue weighted by molar-refractivity contribution is -0.137. The molecule has 0 atom stereocenters. The Kier molecular flexibility index (Phi) is 7.00. The maximum atomic E-state index is 12.8. The molecule has 4 rings (SSSR count). The molecule has 14 heteroatoms. The number of esters is 1. The van der Waals surface area contributed by atoms with Gasteiger partial charge in [-0.15, -0.1) is 0 Å². The molecule has 4 aromatic rings. The molecule has 0 fully saturated rings. The van der Waals surface area contributed by atoms with Crippen LogP contribution in [0.3, 0.4) is 0 Å². The van der Waals surface area contributed by atoms with Crippen LogP contribution >= 0.6 is 23.2 Å². The number of methoxy groups -OCH3 is 1. The van der Waals surface area contributed by atoms with E-state index in [1.165, 1.54) is 24.3 Å². The van der Waals surface area contributed by atoms with Crippen molar-refractivity contribution in [1.29, 1.82) is 0 Å². The SMILES string of the molecule is COC(=O)c1[nH]c2c(C(F)(F)F)cccc2c1Cl.O=C(O)c1[nH]c2c(C(F)(F)F)cccc2c1Cl. The monoisotopic (exact) mass is 540 g/mol. The third-order valence-corrected chi connectivity index (χ3v) is 5.54. The van der Waals surface area contributed by atoms with E-state index in [-0.39, 0.29) is 37.5 Å². The lowest BCUT2D eigenvalue weighted by atomic mass is 10.1. The summed E-state index contributed by atoms with van der Waals surface area (Å²) in [6, 6.07) is 6.91. The molecule has 2 heterocycles. The molecular formula is C21H12Cl2F6N2O4. The fourth-order valence-electron chi connectivity index (χ4n) is 3.23. The van der Waals surface area contributed by atoms with Crippen molar-refractivity contribution >= 4 is 56.9 Å². The largest absolute Gasteiger partial charge is 0.477 e. The van der Waals surface area contributed by atoms with Gasteiger partial charge in [0.05, 0.1) is 39.3 Å². The molecule has 0 saturated heterocycles. The van der Waals surface area contributed by atoms with Gasteiger partial charge in [0.25, 0.3) is 0 Å². The van der Waals surface area contributed by atoms with E-state index >= 15 is 0 Å². The van der Waals surface area contributed by atoms with Crippen molar-refractivity contribution in [2.45, 2.75) is 12.4 Å². The Bertz CT molecular complexity index is 1440. The van der Waals surface area contributed by atoms with Gasteiger partial charge in [0.1, 0.15) is 11.4 Å². The molecule has 2 aromatic heterocycles. The smallest absolute Gasteiger partial charge is 0.418 e. The van der Waals surface area contributed by atoms with E-state index in [9.17, 15) is 35.9 Å². The summed E-state index contributed by atoms with van der Waals surface area (Å²) in [5.41, 5.74) is -3.00. The summed E-state index contributed by atoms with van der Waals surface area (Å²) in [6.45, 7) is 0. The summed E-state index contributed by atoms with van der Waals surface area (Å²) in [5.74, 6) is -2.22. The van der Waals surface area contributed by atoms with Crippen LogP contribution in [-0.4, -0.2) is 34.1 Å². The maximum Gasteiger partial charge on any atom is 0.418 e. The van der Waals surface area contributed by atoms with E-state index in [4.69, 9.17) is 28.3 Å². The van der Waals surface area contributed by atoms with Crippen molar-refractivity contribution in [2.75, 3.05) is 7.11 Å². The van der Waals surface area contributed by atoms with Crippen molar-refractivity contribution in [3.8, 4) is 0 Å². The normalized spacial score (nSPS) is 11.9. The number of ether oxygens (including phenoxy) is 1. The second-order valence-electron chi connectivity index (χ2n) is 6.88. The number of rotatable bonds is 2. The molecule has 0 aliphatic heterocycles. The van der Waals surface area contributed by atoms with Crippen LogP contribution in [0.15, 0.2) is 36.4 Å². The predicted molar refractivity (Wildman–Crippen MR) is 115 cm³/mol. The first kappa shape index (κ1) is 26.2. The number of nitrogens with one attached hydrogen (secondary N) is 2. The minimum atomic E-state index is -4.57. The van der Waals surface area contributed by atoms with Gasteiger partial charge in [-0.1, -0.05) is 47.5 Å². The third kappa shape index (κ3) is 5.03. The number of H-pyrrole nitrogens is 2. The zero-order valence-electron chi connectivity index (χ0n) is 17.2. The quantitative estimate of drug-likeness (QED) is 0.185. The molecule has 6 nitrogen and oxygen atoms in total. The van der Waals surface area contributed by atoms with Gasteiger partial charge in [-0.25, -0.2) is 9.59 Å². The number of aromatic nitrogens is 2. The topological polar surface area (TPSA) is 95.2 Å². The minimum absolute atomic E-state index is 0.0406. The van der Waals surface area contributed by atoms with E-state index in [0.717, 1.165) is 19.2 Å². The lowest BCUT2D eigenvalue weighted by Gasteiger charge is -2.07. The van der Waals surface area contributed by atoms with Crippen LogP contribution in [0, 0.1) is 0 Å². The highest BCUT2D eigenvalue weighted by Gasteiger charge is 2.35. The van der Waals surface area contributed by atoms with E-state index in [2.05, 4.69) is 14.7 Å². The number of aromatic carboxylic acids is 1. The number of aromatic amines is 2. The summed E-state index contributed by atoms with van der Waals surface area (Å²) in [5, 5.41) is 8.63. The Morgan fingerprint density at radius 1 is 0.800 bits per heavy atom. The van der Waals surface area contributed by atoms with Crippen molar-refractivity contribution < 1.29 is 45.8 Å². The van der Waals surface area contributed by atoms with Crippen LogP contribution < -0.4 is 0 Å². The summed E-state index contributed by atoms with van der Waals surface area (Å²) in [4.78, 5) is 26.7. The van der Waals surface area contributed by atoms with Gasteiger partial charge in [0.2, 0.25) is 0 Å². The molecule has 0 spiro atoms. The third-order valence-electron chi connectivity index (χ3n) is 4.76. The van der Waals surface area contributed by atoms with Gasteiger partial charge in [-0.3, -0.25) is 0 Å². The molecule has 35 heavy (non-hydrogen) atoms. The van der Waals surface area contributed by atoms with E-state index in [1.54, 1.807) is 0 Å². The number of fused-ring (bicyclic) bond motifs is 2. The molecule has 2 aromatic carbocycles. The van der Waals surface area contributed by atoms with Crippen molar-refractivity contribution in [3.05, 3.63) is 69.0 Å². The van der Waals surface area contributed by atoms with Gasteiger partial charge in [-0.05, 0) is 12.1 Å². The second kappa shape index (κ2) is 9.34. The van der Waals surface area contributed by atoms with Crippen LogP contribution in [0.5, 0.6) is 0 Å². The van der Waals surface area contributed by atoms with Crippen LogP contribution in [0.1, 0.15) is 32.1 Å². The van der Waals surface area contributed by atoms with Crippen LogP contribution in [0.2, 0.25) is 10.0 Å². The number of carbonyl (C=O) groups excluding carboxylic acids is 1. The van der Waals surface area contributed by atoms with E-state index in [1.807, 2.05) is 0 Å². The first-order valence-corrected chi connectivity index (χ1v) is 10.0. The van der Waals surface area contributed by atoms with Crippen molar-refractivity contribution in [2.24, 2.45) is 0 Å². The van der Waals surface area contributed by atoms with Crippen LogP contribution in [0.4, 0.5) is 26.3 Å². The summed E-state index contributed by atoms with van der Waals surface area (Å²) in [6.07, 6.45) is -9.09. The van der Waals surface area contributed by atoms with Crippen LogP contribution in [0.25, 0.3) is 21.8 Å². The number of para-hydroxylation sites is 2. The summed E-state index contributed by atoms with van der Waals surface area (Å²) in [7, 11) is 1.12.